The lowest BCUT2D eigenvalue weighted by Gasteiger charge is -2.15. The Bertz CT molecular complexity index is 554. The monoisotopic (exact) mass is 255 g/mol. The van der Waals surface area contributed by atoms with E-state index in [0.717, 1.165) is 29.0 Å². The van der Waals surface area contributed by atoms with Gasteiger partial charge < -0.3 is 15.2 Å². The number of benzene rings is 2. The molecule has 1 atom stereocenters. The van der Waals surface area contributed by atoms with E-state index in [9.17, 15) is 0 Å². The lowest BCUT2D eigenvalue weighted by Crippen LogP contribution is -2.11. The molecule has 98 valence electrons. The van der Waals surface area contributed by atoms with Gasteiger partial charge in [0.15, 0.2) is 11.5 Å². The van der Waals surface area contributed by atoms with Gasteiger partial charge in [-0.3, -0.25) is 0 Å². The molecule has 2 N–H and O–H groups in total. The van der Waals surface area contributed by atoms with Gasteiger partial charge in [-0.1, -0.05) is 36.4 Å². The van der Waals surface area contributed by atoms with Crippen LogP contribution in [0.5, 0.6) is 11.5 Å². The van der Waals surface area contributed by atoms with Crippen molar-refractivity contribution in [2.45, 2.75) is 12.5 Å². The van der Waals surface area contributed by atoms with Gasteiger partial charge in [0.05, 0.1) is 19.3 Å². The lowest BCUT2D eigenvalue weighted by atomic mass is 9.99. The Balaban J connectivity index is 1.91. The smallest absolute Gasteiger partial charge is 0.161 e. The zero-order valence-corrected chi connectivity index (χ0v) is 10.7. The van der Waals surface area contributed by atoms with Crippen molar-refractivity contribution in [2.24, 2.45) is 5.73 Å². The molecule has 0 spiro atoms. The first-order valence-electron chi connectivity index (χ1n) is 6.54. The van der Waals surface area contributed by atoms with Crippen LogP contribution in [0.1, 0.15) is 23.6 Å². The summed E-state index contributed by atoms with van der Waals surface area (Å²) >= 11 is 0. The van der Waals surface area contributed by atoms with Gasteiger partial charge in [-0.15, -0.1) is 0 Å². The van der Waals surface area contributed by atoms with E-state index in [0.29, 0.717) is 13.2 Å². The maximum absolute atomic E-state index is 6.29. The Labute approximate surface area is 113 Å². The van der Waals surface area contributed by atoms with Gasteiger partial charge in [0, 0.05) is 6.42 Å². The minimum Gasteiger partial charge on any atom is -0.490 e. The fraction of sp³-hybridized carbons (Fsp3) is 0.250. The highest BCUT2D eigenvalue weighted by molar-refractivity contribution is 5.46. The minimum absolute atomic E-state index is 0.140. The summed E-state index contributed by atoms with van der Waals surface area (Å²) in [5.41, 5.74) is 8.42. The molecule has 0 bridgehead atoms. The van der Waals surface area contributed by atoms with Crippen LogP contribution in [0.2, 0.25) is 0 Å². The molecular weight excluding hydrogens is 238 g/mol. The van der Waals surface area contributed by atoms with Crippen LogP contribution in [0.25, 0.3) is 0 Å². The molecule has 1 aliphatic heterocycles. The average Bonchev–Trinajstić information content (AvgIpc) is 2.72. The summed E-state index contributed by atoms with van der Waals surface area (Å²) in [4.78, 5) is 0. The molecule has 1 aliphatic rings. The topological polar surface area (TPSA) is 44.5 Å². The quantitative estimate of drug-likeness (QED) is 0.897. The van der Waals surface area contributed by atoms with Crippen molar-refractivity contribution in [1.82, 2.24) is 0 Å². The highest BCUT2D eigenvalue weighted by Crippen LogP contribution is 2.33. The van der Waals surface area contributed by atoms with E-state index in [1.807, 2.05) is 48.5 Å². The fourth-order valence-electron chi connectivity index (χ4n) is 2.23. The van der Waals surface area contributed by atoms with Crippen molar-refractivity contribution in [2.75, 3.05) is 13.2 Å². The van der Waals surface area contributed by atoms with Crippen molar-refractivity contribution < 1.29 is 9.47 Å². The zero-order chi connectivity index (χ0) is 13.1. The summed E-state index contributed by atoms with van der Waals surface area (Å²) in [7, 11) is 0. The van der Waals surface area contributed by atoms with E-state index in [1.54, 1.807) is 0 Å². The van der Waals surface area contributed by atoms with Gasteiger partial charge in [0.25, 0.3) is 0 Å². The Morgan fingerprint density at radius 3 is 2.37 bits per heavy atom. The second kappa shape index (κ2) is 5.33. The Kier molecular flexibility index (Phi) is 3.38. The van der Waals surface area contributed by atoms with Crippen molar-refractivity contribution in [3.8, 4) is 11.5 Å². The van der Waals surface area contributed by atoms with Crippen LogP contribution in [0, 0.1) is 0 Å². The summed E-state index contributed by atoms with van der Waals surface area (Å²) in [5, 5.41) is 0. The third kappa shape index (κ3) is 2.56. The van der Waals surface area contributed by atoms with Gasteiger partial charge in [0.2, 0.25) is 0 Å². The van der Waals surface area contributed by atoms with Crippen LogP contribution in [0.15, 0.2) is 48.5 Å². The summed E-state index contributed by atoms with van der Waals surface area (Å²) in [6.07, 6.45) is 0.911. The van der Waals surface area contributed by atoms with Crippen LogP contribution in [0.3, 0.4) is 0 Å². The van der Waals surface area contributed by atoms with Crippen LogP contribution in [-0.2, 0) is 0 Å². The Morgan fingerprint density at radius 1 is 0.842 bits per heavy atom. The second-order valence-corrected chi connectivity index (χ2v) is 4.65. The van der Waals surface area contributed by atoms with Crippen LogP contribution < -0.4 is 15.2 Å². The molecule has 0 amide bonds. The Morgan fingerprint density at radius 2 is 1.58 bits per heavy atom. The van der Waals surface area contributed by atoms with Gasteiger partial charge in [-0.2, -0.15) is 0 Å². The standard InChI is InChI=1S/C16H17NO2/c17-16(12-5-2-1-3-6-12)13-7-8-14-15(11-13)19-10-4-9-18-14/h1-3,5-8,11,16H,4,9-10,17H2/t16-/m0/s1. The number of nitrogens with two attached hydrogens (primary N) is 1. The molecule has 0 saturated carbocycles. The summed E-state index contributed by atoms with van der Waals surface area (Å²) in [5.74, 6) is 1.60. The lowest BCUT2D eigenvalue weighted by molar-refractivity contribution is 0.297. The third-order valence-electron chi connectivity index (χ3n) is 3.29. The predicted molar refractivity (Wildman–Crippen MR) is 74.5 cm³/mol. The van der Waals surface area contributed by atoms with Gasteiger partial charge in [-0.25, -0.2) is 0 Å². The van der Waals surface area contributed by atoms with Gasteiger partial charge in [0.1, 0.15) is 0 Å². The van der Waals surface area contributed by atoms with Crippen LogP contribution in [-0.4, -0.2) is 13.2 Å². The third-order valence-corrected chi connectivity index (χ3v) is 3.29. The minimum atomic E-state index is -0.140. The first-order valence-corrected chi connectivity index (χ1v) is 6.54. The molecule has 0 fully saturated rings. The van der Waals surface area contributed by atoms with Crippen molar-refractivity contribution in [1.29, 1.82) is 0 Å². The maximum Gasteiger partial charge on any atom is 0.161 e. The molecule has 3 nitrogen and oxygen atoms in total. The molecule has 0 aromatic heterocycles. The zero-order valence-electron chi connectivity index (χ0n) is 10.7. The number of fused-ring (bicyclic) bond motifs is 1. The molecule has 3 rings (SSSR count). The fourth-order valence-corrected chi connectivity index (χ4v) is 2.23. The molecule has 0 aliphatic carbocycles. The SMILES string of the molecule is N[C@@H](c1ccccc1)c1ccc2c(c1)OCCCO2. The highest BCUT2D eigenvalue weighted by atomic mass is 16.5. The molecule has 19 heavy (non-hydrogen) atoms. The Hall–Kier alpha value is -2.00. The first-order chi connectivity index (χ1) is 9.34. The van der Waals surface area contributed by atoms with Crippen LogP contribution >= 0.6 is 0 Å². The van der Waals surface area contributed by atoms with Crippen LogP contribution in [0.4, 0.5) is 0 Å². The molecule has 2 aromatic rings. The molecule has 0 unspecified atom stereocenters. The van der Waals surface area contributed by atoms with Gasteiger partial charge in [-0.05, 0) is 23.3 Å². The van der Waals surface area contributed by atoms with E-state index in [2.05, 4.69) is 0 Å². The molecule has 0 radical (unpaired) electrons. The average molecular weight is 255 g/mol. The highest BCUT2D eigenvalue weighted by Gasteiger charge is 2.14. The molecule has 2 aromatic carbocycles. The maximum atomic E-state index is 6.29. The molecular formula is C16H17NO2. The largest absolute Gasteiger partial charge is 0.490 e. The van der Waals surface area contributed by atoms with Crippen molar-refractivity contribution in [3.63, 3.8) is 0 Å². The van der Waals surface area contributed by atoms with E-state index in [-0.39, 0.29) is 6.04 Å². The van der Waals surface area contributed by atoms with Crippen molar-refractivity contribution in [3.05, 3.63) is 59.7 Å². The molecule has 3 heteroatoms. The predicted octanol–water partition coefficient (Wildman–Crippen LogP) is 2.90. The van der Waals surface area contributed by atoms with E-state index in [4.69, 9.17) is 15.2 Å². The van der Waals surface area contributed by atoms with E-state index < -0.39 is 0 Å². The first kappa shape index (κ1) is 12.1. The van der Waals surface area contributed by atoms with E-state index >= 15 is 0 Å². The van der Waals surface area contributed by atoms with Gasteiger partial charge >= 0.3 is 0 Å². The summed E-state index contributed by atoms with van der Waals surface area (Å²) in [6, 6.07) is 15.9. The van der Waals surface area contributed by atoms with Crippen molar-refractivity contribution >= 4 is 0 Å². The summed E-state index contributed by atoms with van der Waals surface area (Å²) in [6.45, 7) is 1.40. The van der Waals surface area contributed by atoms with E-state index in [1.165, 1.54) is 0 Å². The number of rotatable bonds is 2. The molecule has 1 heterocycles. The summed E-state index contributed by atoms with van der Waals surface area (Å²) < 4.78 is 11.3. The number of hydrogen-bond donors (Lipinski definition) is 1. The normalized spacial score (nSPS) is 15.6. The number of ether oxygens (including phenoxy) is 2. The molecule has 0 saturated heterocycles. The number of hydrogen-bond acceptors (Lipinski definition) is 3. The second-order valence-electron chi connectivity index (χ2n) is 4.65.